The first-order valence-electron chi connectivity index (χ1n) is 6.13. The van der Waals surface area contributed by atoms with Gasteiger partial charge in [-0.25, -0.2) is 14.8 Å². The van der Waals surface area contributed by atoms with Crippen molar-refractivity contribution in [2.24, 2.45) is 0 Å². The van der Waals surface area contributed by atoms with Crippen LogP contribution in [-0.2, 0) is 12.8 Å². The van der Waals surface area contributed by atoms with E-state index < -0.39 is 5.97 Å². The summed E-state index contributed by atoms with van der Waals surface area (Å²) in [6.07, 6.45) is 4.40. The lowest BCUT2D eigenvalue weighted by molar-refractivity contribution is 0.0690. The third-order valence-electron chi connectivity index (χ3n) is 3.06. The second-order valence-corrected chi connectivity index (χ2v) is 5.52. The van der Waals surface area contributed by atoms with Crippen molar-refractivity contribution in [3.8, 4) is 0 Å². The predicted molar refractivity (Wildman–Crippen MR) is 73.3 cm³/mol. The first kappa shape index (κ1) is 12.7. The first-order valence-corrected chi connectivity index (χ1v) is 6.94. The Bertz CT molecular complexity index is 674. The van der Waals surface area contributed by atoms with E-state index in [-0.39, 0.29) is 17.2 Å². The fourth-order valence-electron chi connectivity index (χ4n) is 2.10. The number of aromatic carboxylic acids is 1. The monoisotopic (exact) mass is 289 g/mol. The minimum absolute atomic E-state index is 0.153. The molecule has 20 heavy (non-hydrogen) atoms. The molecule has 1 amide bonds. The molecule has 102 valence electrons. The summed E-state index contributed by atoms with van der Waals surface area (Å²) in [4.78, 5) is 32.1. The third-order valence-corrected chi connectivity index (χ3v) is 4.13. The number of carboxylic acid groups (broad SMARTS) is 1. The number of thiazole rings is 1. The van der Waals surface area contributed by atoms with Crippen LogP contribution in [0.5, 0.6) is 0 Å². The third kappa shape index (κ3) is 2.39. The molecule has 0 saturated carbocycles. The van der Waals surface area contributed by atoms with Gasteiger partial charge in [-0.2, -0.15) is 0 Å². The number of carbonyl (C=O) groups excluding carboxylic acids is 1. The van der Waals surface area contributed by atoms with Gasteiger partial charge in [-0.15, -0.1) is 11.3 Å². The summed E-state index contributed by atoms with van der Waals surface area (Å²) in [7, 11) is 0. The zero-order valence-electron chi connectivity index (χ0n) is 10.4. The van der Waals surface area contributed by atoms with Gasteiger partial charge in [-0.3, -0.25) is 10.1 Å². The summed E-state index contributed by atoms with van der Waals surface area (Å²) < 4.78 is 0. The van der Waals surface area contributed by atoms with E-state index in [4.69, 9.17) is 5.11 Å². The van der Waals surface area contributed by atoms with Crippen molar-refractivity contribution in [1.82, 2.24) is 9.97 Å². The van der Waals surface area contributed by atoms with Gasteiger partial charge in [0.1, 0.15) is 5.69 Å². The molecule has 7 heteroatoms. The average Bonchev–Trinajstić information content (AvgIpc) is 2.99. The van der Waals surface area contributed by atoms with Crippen molar-refractivity contribution in [1.29, 1.82) is 0 Å². The molecule has 2 heterocycles. The Morgan fingerprint density at radius 1 is 1.35 bits per heavy atom. The molecule has 0 aliphatic heterocycles. The van der Waals surface area contributed by atoms with Crippen LogP contribution in [0.3, 0.4) is 0 Å². The molecule has 0 atom stereocenters. The number of rotatable bonds is 3. The van der Waals surface area contributed by atoms with Crippen LogP contribution in [0, 0.1) is 0 Å². The molecular formula is C13H11N3O3S. The predicted octanol–water partition coefficient (Wildman–Crippen LogP) is 1.98. The van der Waals surface area contributed by atoms with E-state index >= 15 is 0 Å². The zero-order chi connectivity index (χ0) is 14.1. The molecule has 0 radical (unpaired) electrons. The van der Waals surface area contributed by atoms with Gasteiger partial charge in [-0.1, -0.05) is 0 Å². The van der Waals surface area contributed by atoms with Crippen LogP contribution in [0.4, 0.5) is 5.13 Å². The highest BCUT2D eigenvalue weighted by Gasteiger charge is 2.18. The van der Waals surface area contributed by atoms with Gasteiger partial charge < -0.3 is 5.11 Å². The summed E-state index contributed by atoms with van der Waals surface area (Å²) in [6.45, 7) is 0. The normalized spacial score (nSPS) is 13.0. The van der Waals surface area contributed by atoms with Crippen molar-refractivity contribution < 1.29 is 14.7 Å². The highest BCUT2D eigenvalue weighted by Crippen LogP contribution is 2.30. The number of nitrogens with zero attached hydrogens (tertiary/aromatic N) is 2. The minimum Gasteiger partial charge on any atom is -0.477 e. The molecule has 0 fully saturated rings. The molecule has 0 spiro atoms. The molecule has 0 bridgehead atoms. The van der Waals surface area contributed by atoms with Crippen molar-refractivity contribution in [3.63, 3.8) is 0 Å². The summed E-state index contributed by atoms with van der Waals surface area (Å²) in [6, 6.07) is 2.72. The number of aromatic nitrogens is 2. The van der Waals surface area contributed by atoms with E-state index in [9.17, 15) is 9.59 Å². The maximum absolute atomic E-state index is 12.1. The number of pyridine rings is 1. The van der Waals surface area contributed by atoms with Gasteiger partial charge in [0.2, 0.25) is 0 Å². The highest BCUT2D eigenvalue weighted by molar-refractivity contribution is 7.15. The molecule has 1 aliphatic rings. The van der Waals surface area contributed by atoms with Gasteiger partial charge in [0.25, 0.3) is 5.91 Å². The molecule has 2 aromatic rings. The largest absolute Gasteiger partial charge is 0.477 e. The number of anilines is 1. The maximum Gasteiger partial charge on any atom is 0.354 e. The van der Waals surface area contributed by atoms with Gasteiger partial charge in [-0.05, 0) is 31.4 Å². The topological polar surface area (TPSA) is 92.2 Å². The molecule has 1 aliphatic carbocycles. The Hall–Kier alpha value is -2.28. The lowest BCUT2D eigenvalue weighted by Gasteiger charge is -2.02. The second kappa shape index (κ2) is 5.01. The Labute approximate surface area is 118 Å². The van der Waals surface area contributed by atoms with Gasteiger partial charge in [0, 0.05) is 16.6 Å². The number of carbonyl (C=O) groups is 2. The number of nitrogens with one attached hydrogen (secondary N) is 1. The summed E-state index contributed by atoms with van der Waals surface area (Å²) >= 11 is 1.48. The fourth-order valence-corrected chi connectivity index (χ4v) is 3.15. The molecule has 0 saturated heterocycles. The molecule has 2 aromatic heterocycles. The number of amides is 1. The number of fused-ring (bicyclic) bond motifs is 1. The van der Waals surface area contributed by atoms with Crippen LogP contribution < -0.4 is 5.32 Å². The molecular weight excluding hydrogens is 278 g/mol. The number of hydrogen-bond acceptors (Lipinski definition) is 5. The zero-order valence-corrected chi connectivity index (χ0v) is 11.2. The van der Waals surface area contributed by atoms with Gasteiger partial charge in [0.15, 0.2) is 5.13 Å². The van der Waals surface area contributed by atoms with E-state index in [0.717, 1.165) is 25.0 Å². The Kier molecular flexibility index (Phi) is 3.19. The number of carboxylic acids is 1. The van der Waals surface area contributed by atoms with E-state index in [0.29, 0.717) is 5.13 Å². The Morgan fingerprint density at radius 3 is 2.95 bits per heavy atom. The van der Waals surface area contributed by atoms with Crippen molar-refractivity contribution in [2.75, 3.05) is 5.32 Å². The molecule has 0 unspecified atom stereocenters. The lowest BCUT2D eigenvalue weighted by Crippen LogP contribution is -2.13. The Balaban J connectivity index is 1.78. The first-order chi connectivity index (χ1) is 9.63. The van der Waals surface area contributed by atoms with E-state index in [1.807, 2.05) is 0 Å². The van der Waals surface area contributed by atoms with E-state index in [1.165, 1.54) is 34.5 Å². The highest BCUT2D eigenvalue weighted by atomic mass is 32.1. The van der Waals surface area contributed by atoms with Crippen LogP contribution >= 0.6 is 11.3 Å². The van der Waals surface area contributed by atoms with Crippen LogP contribution in [0.25, 0.3) is 0 Å². The number of hydrogen-bond donors (Lipinski definition) is 2. The SMILES string of the molecule is O=C(Nc1nc2c(s1)CCC2)c1ccnc(C(=O)O)c1. The summed E-state index contributed by atoms with van der Waals surface area (Å²) in [5.74, 6) is -1.53. The fraction of sp³-hybridized carbons (Fsp3) is 0.231. The molecule has 0 aromatic carbocycles. The molecule has 3 rings (SSSR count). The van der Waals surface area contributed by atoms with Gasteiger partial charge >= 0.3 is 5.97 Å². The average molecular weight is 289 g/mol. The van der Waals surface area contributed by atoms with E-state index in [1.54, 1.807) is 0 Å². The standard InChI is InChI=1S/C13H11N3O3S/c17-11(7-4-5-14-9(6-7)12(18)19)16-13-15-8-2-1-3-10(8)20-13/h4-6H,1-3H2,(H,18,19)(H,15,16,17). The quantitative estimate of drug-likeness (QED) is 0.901. The minimum atomic E-state index is -1.16. The molecule has 2 N–H and O–H groups in total. The summed E-state index contributed by atoms with van der Waals surface area (Å²) in [5.41, 5.74) is 1.17. The van der Waals surface area contributed by atoms with Crippen LogP contribution in [0.2, 0.25) is 0 Å². The Morgan fingerprint density at radius 2 is 2.20 bits per heavy atom. The van der Waals surface area contributed by atoms with E-state index in [2.05, 4.69) is 15.3 Å². The van der Waals surface area contributed by atoms with Crippen molar-refractivity contribution >= 4 is 28.3 Å². The summed E-state index contributed by atoms with van der Waals surface area (Å²) in [5, 5.41) is 12.1. The molecule has 6 nitrogen and oxygen atoms in total. The second-order valence-electron chi connectivity index (χ2n) is 4.43. The number of aryl methyl sites for hydroxylation is 2. The van der Waals surface area contributed by atoms with Crippen LogP contribution in [0.1, 0.15) is 37.8 Å². The smallest absolute Gasteiger partial charge is 0.354 e. The van der Waals surface area contributed by atoms with Crippen LogP contribution in [-0.4, -0.2) is 27.0 Å². The van der Waals surface area contributed by atoms with Crippen molar-refractivity contribution in [3.05, 3.63) is 40.2 Å². The van der Waals surface area contributed by atoms with Crippen LogP contribution in [0.15, 0.2) is 18.3 Å². The lowest BCUT2D eigenvalue weighted by atomic mass is 10.2. The van der Waals surface area contributed by atoms with Crippen molar-refractivity contribution in [2.45, 2.75) is 19.3 Å². The van der Waals surface area contributed by atoms with Gasteiger partial charge in [0.05, 0.1) is 5.69 Å². The maximum atomic E-state index is 12.1.